The second kappa shape index (κ2) is 19.8. The van der Waals surface area contributed by atoms with Crippen LogP contribution in [0.4, 0.5) is 22.7 Å². The summed E-state index contributed by atoms with van der Waals surface area (Å²) in [6.45, 7) is 17.8. The van der Waals surface area contributed by atoms with Gasteiger partial charge < -0.3 is 19.1 Å². The fraction of sp³-hybridized carbons (Fsp3) is 0.167. The molecule has 13 rings (SSSR count). The number of nitrogens with zero attached hydrogens (tertiary/aromatic N) is 4. The maximum Gasteiger partial charge on any atom is 0.135 e. The monoisotopic (exact) mass is 1200 g/mol. The van der Waals surface area contributed by atoms with Crippen LogP contribution in [0.25, 0.3) is 72.1 Å². The summed E-state index contributed by atoms with van der Waals surface area (Å²) >= 11 is 0. The van der Waals surface area contributed by atoms with Gasteiger partial charge in [0.2, 0.25) is 0 Å². The average Bonchev–Trinajstić information content (AvgIpc) is 1.25. The summed E-state index contributed by atoms with van der Waals surface area (Å²) in [5.41, 5.74) is 10.7. The normalized spacial score (nSPS) is 15.9. The summed E-state index contributed by atoms with van der Waals surface area (Å²) in [6, 6.07) is 55.5. The third-order valence-electron chi connectivity index (χ3n) is 15.5. The summed E-state index contributed by atoms with van der Waals surface area (Å²) in [4.78, 5) is 9.00. The quantitative estimate of drug-likeness (QED) is 0.135. The number of hydrogen-bond donors (Lipinski definition) is 0. The topological polar surface area (TPSA) is 33.5 Å². The molecule has 2 aromatic heterocycles. The van der Waals surface area contributed by atoms with Gasteiger partial charge >= 0.3 is 0 Å². The second-order valence-corrected chi connectivity index (χ2v) is 22.5. The van der Waals surface area contributed by atoms with Crippen LogP contribution in [0.5, 0.6) is 11.5 Å². The Hall–Kier alpha value is -7.98. The van der Waals surface area contributed by atoms with E-state index in [1.54, 1.807) is 12.1 Å². The van der Waals surface area contributed by atoms with Gasteiger partial charge in [-0.25, -0.2) is 4.98 Å². The second-order valence-electron chi connectivity index (χ2n) is 22.5. The zero-order chi connectivity index (χ0) is 59.6. The van der Waals surface area contributed by atoms with Gasteiger partial charge in [-0.1, -0.05) is 181 Å². The van der Waals surface area contributed by atoms with E-state index in [2.05, 4.69) is 125 Å². The summed E-state index contributed by atoms with van der Waals surface area (Å²) < 4.78 is 83.5. The first kappa shape index (κ1) is 42.1. The Kier molecular flexibility index (Phi) is 10.7. The first-order valence-electron chi connectivity index (χ1n) is 30.3. The van der Waals surface area contributed by atoms with Gasteiger partial charge in [0.05, 0.1) is 11.0 Å². The molecule has 0 radical (unpaired) electrons. The zero-order valence-corrected chi connectivity index (χ0v) is 46.9. The van der Waals surface area contributed by atoms with Crippen LogP contribution >= 0.6 is 0 Å². The van der Waals surface area contributed by atoms with Crippen LogP contribution in [0, 0.1) is 18.8 Å². The molecule has 0 unspecified atom stereocenters. The van der Waals surface area contributed by atoms with Crippen LogP contribution in [0.2, 0.25) is 0 Å². The fourth-order valence-corrected chi connectivity index (χ4v) is 11.3. The number of aromatic nitrogens is 2. The Morgan fingerprint density at radius 1 is 0.564 bits per heavy atom. The molecule has 0 N–H and O–H groups in total. The van der Waals surface area contributed by atoms with E-state index in [1.807, 2.05) is 109 Å². The average molecular weight is 1200 g/mol. The van der Waals surface area contributed by atoms with Gasteiger partial charge in [-0.2, -0.15) is 12.1 Å². The standard InChI is InChI=1S/C72H61N4O.Pt/c1-70(2,3)54-36-39-73-68(44-54)76-64-29-15-14-26-60(64)61-34-33-57(46-67(61)76)77-56-25-18-24-55(45-56)74-47-75(66-31-17-16-30-65(66)74)69-58(50-32-35-62-63(43-50)72(6,7)38-37-71(62,4)5)27-19-28-59(69)53-41-51(48-20-10-8-11-21-48)40-52(42-53)49-22-12-9-13-23-49;/h8-36,39-44,47H,37-38H2,1-7H3;/q-3;/i8D,10D,11D,20D,21D,40D,41D,42D;. The number of ether oxygens (including phenoxy) is 1. The molecule has 2 aliphatic rings. The van der Waals surface area contributed by atoms with Crippen molar-refractivity contribution in [3.63, 3.8) is 0 Å². The summed E-state index contributed by atoms with van der Waals surface area (Å²) in [7, 11) is 0. The zero-order valence-electron chi connectivity index (χ0n) is 52.6. The summed E-state index contributed by atoms with van der Waals surface area (Å²) in [5, 5.41) is 2.09. The largest absolute Gasteiger partial charge is 0.509 e. The molecule has 0 amide bonds. The van der Waals surface area contributed by atoms with Gasteiger partial charge in [0, 0.05) is 72.5 Å². The first-order valence-corrected chi connectivity index (χ1v) is 26.3. The van der Waals surface area contributed by atoms with E-state index in [-0.39, 0.29) is 77.7 Å². The van der Waals surface area contributed by atoms with E-state index in [0.717, 1.165) is 68.5 Å². The van der Waals surface area contributed by atoms with Gasteiger partial charge in [-0.3, -0.25) is 0 Å². The smallest absolute Gasteiger partial charge is 0.135 e. The molecule has 5 nitrogen and oxygen atoms in total. The SMILES string of the molecule is [2H]c1c([2H])c([2H])c(-c2c([2H])c(-c3ccccc3)c([2H])c(-c3cccc(-c4ccc5c(c4)C(C)(C)CCC5(C)C)c3N3[CH-]N(c4[c-]c(Oc5[c-]c6c(cc5)c5ccccc5n6-c5cc(C(C)(C)C)ccn5)ccc4)c4ccccc43)c2[2H])c([2H])c1[2H].[Pt]. The predicted octanol–water partition coefficient (Wildman–Crippen LogP) is 19.3. The van der Waals surface area contributed by atoms with E-state index >= 15 is 0 Å². The molecule has 1 aliphatic heterocycles. The van der Waals surface area contributed by atoms with Crippen LogP contribution in [0.1, 0.15) is 89.0 Å². The first-order chi connectivity index (χ1) is 40.6. The molecule has 0 atom stereocenters. The van der Waals surface area contributed by atoms with Crippen molar-refractivity contribution < 1.29 is 36.8 Å². The number of anilines is 4. The number of benzene rings is 9. The molecule has 9 aromatic carbocycles. The molecule has 0 saturated carbocycles. The van der Waals surface area contributed by atoms with Crippen molar-refractivity contribution in [2.75, 3.05) is 9.80 Å². The molecule has 78 heavy (non-hydrogen) atoms. The van der Waals surface area contributed by atoms with Gasteiger partial charge in [-0.15, -0.1) is 48.1 Å². The van der Waals surface area contributed by atoms with Crippen LogP contribution in [-0.2, 0) is 37.3 Å². The number of rotatable bonds is 9. The maximum atomic E-state index is 10.3. The minimum Gasteiger partial charge on any atom is -0.509 e. The van der Waals surface area contributed by atoms with Crippen molar-refractivity contribution in [3.05, 3.63) is 248 Å². The number of para-hydroxylation sites is 4. The number of fused-ring (bicyclic) bond motifs is 5. The molecular formula is C72H61N4OPt-3. The fourth-order valence-electron chi connectivity index (χ4n) is 11.3. The van der Waals surface area contributed by atoms with Crippen molar-refractivity contribution in [1.29, 1.82) is 0 Å². The molecular weight excluding hydrogens is 1130 g/mol. The van der Waals surface area contributed by atoms with Crippen LogP contribution in [0.15, 0.2) is 212 Å². The van der Waals surface area contributed by atoms with E-state index in [4.69, 9.17) is 13.8 Å². The van der Waals surface area contributed by atoms with Crippen molar-refractivity contribution in [2.24, 2.45) is 0 Å². The molecule has 11 aromatic rings. The van der Waals surface area contributed by atoms with E-state index < -0.39 is 30.2 Å². The van der Waals surface area contributed by atoms with Gasteiger partial charge in [-0.05, 0) is 133 Å². The Morgan fingerprint density at radius 2 is 1.22 bits per heavy atom. The molecule has 6 heteroatoms. The van der Waals surface area contributed by atoms with Gasteiger partial charge in [0.25, 0.3) is 0 Å². The molecule has 388 valence electrons. The molecule has 0 fully saturated rings. The predicted molar refractivity (Wildman–Crippen MR) is 320 cm³/mol. The number of hydrogen-bond acceptors (Lipinski definition) is 4. The van der Waals surface area contributed by atoms with Crippen LogP contribution in [0.3, 0.4) is 0 Å². The van der Waals surface area contributed by atoms with E-state index in [0.29, 0.717) is 34.0 Å². The Bertz CT molecular complexity index is 4520. The van der Waals surface area contributed by atoms with Gasteiger partial charge in [0.15, 0.2) is 0 Å². The van der Waals surface area contributed by atoms with Crippen molar-refractivity contribution in [3.8, 4) is 61.8 Å². The van der Waals surface area contributed by atoms with Crippen molar-refractivity contribution >= 4 is 44.6 Å². The third-order valence-corrected chi connectivity index (χ3v) is 15.5. The van der Waals surface area contributed by atoms with E-state index in [9.17, 15) is 6.85 Å². The summed E-state index contributed by atoms with van der Waals surface area (Å²) in [6.07, 6.45) is 3.90. The molecule has 0 spiro atoms. The third kappa shape index (κ3) is 9.12. The maximum absolute atomic E-state index is 10.3. The minimum atomic E-state index is -0.582. The molecule has 1 aliphatic carbocycles. The summed E-state index contributed by atoms with van der Waals surface area (Å²) in [5.74, 6) is 1.74. The molecule has 0 saturated heterocycles. The molecule has 0 bridgehead atoms. The Morgan fingerprint density at radius 3 is 1.99 bits per heavy atom. The van der Waals surface area contributed by atoms with Crippen molar-refractivity contribution in [1.82, 2.24) is 9.55 Å². The Labute approximate surface area is 485 Å². The Balaban J connectivity index is 0.00000724. The number of pyridine rings is 1. The van der Waals surface area contributed by atoms with Crippen molar-refractivity contribution in [2.45, 2.75) is 77.6 Å². The van der Waals surface area contributed by atoms with E-state index in [1.165, 1.54) is 11.1 Å². The van der Waals surface area contributed by atoms with Crippen LogP contribution in [-0.4, -0.2) is 9.55 Å². The molecule has 3 heterocycles. The van der Waals surface area contributed by atoms with Crippen LogP contribution < -0.4 is 14.5 Å². The van der Waals surface area contributed by atoms with Gasteiger partial charge in [0.1, 0.15) is 5.82 Å². The minimum absolute atomic E-state index is 0.